The number of imidazole rings is 1. The van der Waals surface area contributed by atoms with Gasteiger partial charge in [-0.05, 0) is 17.7 Å². The maximum Gasteiger partial charge on any atom is 0.235 e. The minimum absolute atomic E-state index is 0.284. The second kappa shape index (κ2) is 8.43. The van der Waals surface area contributed by atoms with Crippen LogP contribution in [0.5, 0.6) is 0 Å². The van der Waals surface area contributed by atoms with Gasteiger partial charge >= 0.3 is 0 Å². The van der Waals surface area contributed by atoms with Crippen molar-refractivity contribution in [2.75, 3.05) is 17.3 Å². The van der Waals surface area contributed by atoms with Crippen LogP contribution < -0.4 is 16.2 Å². The van der Waals surface area contributed by atoms with E-state index in [9.17, 15) is 20.1 Å². The number of anilines is 2. The van der Waals surface area contributed by atoms with E-state index in [2.05, 4.69) is 20.4 Å². The van der Waals surface area contributed by atoms with Crippen LogP contribution in [0.2, 0.25) is 0 Å². The lowest BCUT2D eigenvalue weighted by molar-refractivity contribution is -0.119. The maximum atomic E-state index is 11.8. The predicted octanol–water partition coefficient (Wildman–Crippen LogP) is -0.922. The molecule has 3 heterocycles. The number of nitrogen functional groups attached to an aromatic ring is 1. The summed E-state index contributed by atoms with van der Waals surface area (Å²) < 4.78 is 7.03. The number of hydrazine groups is 1. The fourth-order valence-electron chi connectivity index (χ4n) is 3.50. The number of nitrogens with one attached hydrogen (secondary N) is 1. The number of nitrogens with zero attached hydrogens (tertiary/aromatic N) is 5. The van der Waals surface area contributed by atoms with Gasteiger partial charge in [0.25, 0.3) is 0 Å². The van der Waals surface area contributed by atoms with Crippen molar-refractivity contribution < 1.29 is 24.9 Å². The van der Waals surface area contributed by atoms with Crippen LogP contribution in [0.15, 0.2) is 36.9 Å². The molecule has 1 aromatic carbocycles. The van der Waals surface area contributed by atoms with E-state index in [0.717, 1.165) is 5.56 Å². The number of hydrogen-bond acceptors (Lipinski definition) is 10. The molecule has 4 rings (SSSR count). The summed E-state index contributed by atoms with van der Waals surface area (Å²) in [4.78, 5) is 24.7. The number of hydrogen-bond donors (Lipinski definition) is 5. The van der Waals surface area contributed by atoms with Crippen LogP contribution in [0.4, 0.5) is 11.5 Å². The van der Waals surface area contributed by atoms with E-state index in [4.69, 9.17) is 10.5 Å². The Balaban J connectivity index is 1.71. The van der Waals surface area contributed by atoms with Crippen LogP contribution in [0.1, 0.15) is 18.7 Å². The summed E-state index contributed by atoms with van der Waals surface area (Å²) in [5.41, 5.74) is 10.6. The van der Waals surface area contributed by atoms with Gasteiger partial charge in [0.1, 0.15) is 24.6 Å². The first-order chi connectivity index (χ1) is 14.9. The number of benzene rings is 1. The summed E-state index contributed by atoms with van der Waals surface area (Å²) >= 11 is 0. The summed E-state index contributed by atoms with van der Waals surface area (Å²) in [6.07, 6.45) is -1.76. The minimum atomic E-state index is -1.28. The first-order valence-corrected chi connectivity index (χ1v) is 9.58. The number of carbonyl (C=O) groups excluding carboxylic acids is 1. The second-order valence-electron chi connectivity index (χ2n) is 7.25. The summed E-state index contributed by atoms with van der Waals surface area (Å²) in [6, 6.07) is 7.18. The van der Waals surface area contributed by atoms with Gasteiger partial charge in [-0.25, -0.2) is 15.0 Å². The molecule has 0 saturated carbocycles. The third kappa shape index (κ3) is 4.01. The van der Waals surface area contributed by atoms with Crippen LogP contribution in [0.3, 0.4) is 0 Å². The number of nitrogens with two attached hydrogens (primary N) is 1. The molecule has 0 spiro atoms. The van der Waals surface area contributed by atoms with E-state index in [1.807, 2.05) is 12.1 Å². The fraction of sp³-hybridized carbons (Fsp3) is 0.368. The normalized spacial score (nSPS) is 23.2. The first kappa shape index (κ1) is 20.9. The summed E-state index contributed by atoms with van der Waals surface area (Å²) in [5.74, 6) is 0.0348. The average Bonchev–Trinajstić information content (AvgIpc) is 3.30. The molecule has 4 atom stereocenters. The molecule has 31 heavy (non-hydrogen) atoms. The molecular formula is C19H23N7O5. The molecule has 12 nitrogen and oxygen atoms in total. The summed E-state index contributed by atoms with van der Waals surface area (Å²) in [7, 11) is 0. The summed E-state index contributed by atoms with van der Waals surface area (Å²) in [5, 5.41) is 31.3. The van der Waals surface area contributed by atoms with Gasteiger partial charge < -0.3 is 25.8 Å². The lowest BCUT2D eigenvalue weighted by atomic mass is 10.1. The maximum absolute atomic E-state index is 11.8. The van der Waals surface area contributed by atoms with Crippen LogP contribution in [0.25, 0.3) is 11.2 Å². The second-order valence-corrected chi connectivity index (χ2v) is 7.25. The third-order valence-corrected chi connectivity index (χ3v) is 5.00. The van der Waals surface area contributed by atoms with Crippen molar-refractivity contribution in [1.82, 2.24) is 24.9 Å². The number of carbonyl (C=O) groups is 1. The monoisotopic (exact) mass is 429 g/mol. The van der Waals surface area contributed by atoms with Crippen molar-refractivity contribution in [3.05, 3.63) is 42.5 Å². The largest absolute Gasteiger partial charge is 0.399 e. The van der Waals surface area contributed by atoms with E-state index in [-0.39, 0.29) is 12.5 Å². The van der Waals surface area contributed by atoms with Gasteiger partial charge in [-0.3, -0.25) is 19.8 Å². The Morgan fingerprint density at radius 2 is 1.97 bits per heavy atom. The smallest absolute Gasteiger partial charge is 0.235 e. The number of amides is 1. The Morgan fingerprint density at radius 1 is 1.23 bits per heavy atom. The molecular weight excluding hydrogens is 406 g/mol. The van der Waals surface area contributed by atoms with E-state index in [1.165, 1.54) is 29.2 Å². The number of aromatic nitrogens is 4. The molecule has 0 unspecified atom stereocenters. The highest BCUT2D eigenvalue weighted by atomic mass is 16.6. The Morgan fingerprint density at radius 3 is 2.61 bits per heavy atom. The molecule has 0 aliphatic carbocycles. The molecule has 6 N–H and O–H groups in total. The molecule has 0 radical (unpaired) electrons. The highest BCUT2D eigenvalue weighted by Gasteiger charge is 2.44. The minimum Gasteiger partial charge on any atom is -0.399 e. The lowest BCUT2D eigenvalue weighted by Crippen LogP contribution is -2.41. The fourth-order valence-corrected chi connectivity index (χ4v) is 3.50. The molecule has 1 aliphatic rings. The number of ether oxygens (including phenoxy) is 1. The van der Waals surface area contributed by atoms with Crippen molar-refractivity contribution in [2.24, 2.45) is 0 Å². The highest BCUT2D eigenvalue weighted by molar-refractivity contribution is 5.85. The SMILES string of the molecule is CC(=O)NN(Cc1ccc(N)cc1)c1ncnc2c1ncn2[C@@H]1O[C@H](CO)[C@@H](O)[C@H]1O. The number of fused-ring (bicyclic) bond motifs is 1. The highest BCUT2D eigenvalue weighted by Crippen LogP contribution is 2.32. The molecule has 3 aromatic rings. The first-order valence-electron chi connectivity index (χ1n) is 9.58. The number of aliphatic hydroxyl groups excluding tert-OH is 3. The Labute approximate surface area is 176 Å². The van der Waals surface area contributed by atoms with Crippen molar-refractivity contribution in [3.8, 4) is 0 Å². The van der Waals surface area contributed by atoms with Gasteiger partial charge in [-0.2, -0.15) is 0 Å². The van der Waals surface area contributed by atoms with E-state index >= 15 is 0 Å². The molecule has 0 bridgehead atoms. The molecule has 1 aliphatic heterocycles. The zero-order valence-corrected chi connectivity index (χ0v) is 16.7. The van der Waals surface area contributed by atoms with E-state index < -0.39 is 31.1 Å². The number of rotatable bonds is 6. The topological polar surface area (TPSA) is 172 Å². The van der Waals surface area contributed by atoms with Crippen molar-refractivity contribution in [3.63, 3.8) is 0 Å². The van der Waals surface area contributed by atoms with Crippen molar-refractivity contribution in [2.45, 2.75) is 38.0 Å². The molecule has 12 heteroatoms. The quantitative estimate of drug-likeness (QED) is 0.244. The van der Waals surface area contributed by atoms with E-state index in [1.54, 1.807) is 12.1 Å². The van der Waals surface area contributed by atoms with Crippen LogP contribution in [0, 0.1) is 0 Å². The van der Waals surface area contributed by atoms with Crippen LogP contribution in [-0.4, -0.2) is 65.7 Å². The van der Waals surface area contributed by atoms with Gasteiger partial charge in [0.2, 0.25) is 5.91 Å². The molecule has 1 saturated heterocycles. The third-order valence-electron chi connectivity index (χ3n) is 5.00. The average molecular weight is 429 g/mol. The van der Waals surface area contributed by atoms with Crippen LogP contribution in [-0.2, 0) is 16.1 Å². The molecule has 164 valence electrons. The van der Waals surface area contributed by atoms with Gasteiger partial charge in [-0.1, -0.05) is 12.1 Å². The van der Waals surface area contributed by atoms with Gasteiger partial charge in [0.05, 0.1) is 19.5 Å². The van der Waals surface area contributed by atoms with Gasteiger partial charge in [-0.15, -0.1) is 0 Å². The molecule has 1 fully saturated rings. The number of aliphatic hydroxyl groups is 3. The summed E-state index contributed by atoms with van der Waals surface area (Å²) in [6.45, 7) is 1.22. The lowest BCUT2D eigenvalue weighted by Gasteiger charge is -2.24. The molecule has 1 amide bonds. The van der Waals surface area contributed by atoms with Crippen molar-refractivity contribution >= 4 is 28.6 Å². The Bertz CT molecular complexity index is 1070. The standard InChI is InChI=1S/C19H23N7O5/c1-10(28)24-26(6-11-2-4-12(20)5-3-11)18-14-17(21-8-22-18)25(9-23-14)19-16(30)15(29)13(7-27)31-19/h2-5,8-9,13,15-16,19,27,29-30H,6-7,20H2,1H3,(H,24,28)/t13-,15-,16-,19-/m1/s1. The zero-order chi connectivity index (χ0) is 22.1. The zero-order valence-electron chi connectivity index (χ0n) is 16.7. The van der Waals surface area contributed by atoms with E-state index in [0.29, 0.717) is 22.7 Å². The predicted molar refractivity (Wildman–Crippen MR) is 109 cm³/mol. The van der Waals surface area contributed by atoms with Crippen molar-refractivity contribution in [1.29, 1.82) is 0 Å². The molecule has 2 aromatic heterocycles. The van der Waals surface area contributed by atoms with Crippen LogP contribution >= 0.6 is 0 Å². The Kier molecular flexibility index (Phi) is 5.69. The Hall–Kier alpha value is -3.32. The van der Waals surface area contributed by atoms with Gasteiger partial charge in [0.15, 0.2) is 23.2 Å². The van der Waals surface area contributed by atoms with Gasteiger partial charge in [0, 0.05) is 12.6 Å².